The van der Waals surface area contributed by atoms with E-state index in [1.807, 2.05) is 0 Å². The van der Waals surface area contributed by atoms with Gasteiger partial charge in [0, 0.05) is 31.3 Å². The summed E-state index contributed by atoms with van der Waals surface area (Å²) in [5.74, 6) is 0.820. The monoisotopic (exact) mass is 345 g/mol. The quantitative estimate of drug-likeness (QED) is 0.658. The molecule has 9 nitrogen and oxygen atoms in total. The van der Waals surface area contributed by atoms with Crippen LogP contribution in [0.15, 0.2) is 17.1 Å². The van der Waals surface area contributed by atoms with Crippen LogP contribution < -0.4 is 16.2 Å². The maximum absolute atomic E-state index is 12.1. The summed E-state index contributed by atoms with van der Waals surface area (Å²) in [6.07, 6.45) is 4.50. The molecule has 1 aliphatic rings. The zero-order chi connectivity index (χ0) is 17.6. The van der Waals surface area contributed by atoms with E-state index in [0.717, 1.165) is 26.1 Å². The highest BCUT2D eigenvalue weighted by Gasteiger charge is 2.16. The van der Waals surface area contributed by atoms with Crippen molar-refractivity contribution in [2.45, 2.75) is 32.7 Å². The standard InChI is InChI=1S/C16H23N7O2/c1-11-19-13(7-15(24)20-11)4-6-18-16(25)14-10-23(22-21-14)9-12-3-2-5-17-8-12/h7,10,12,17H,2-6,8-9H2,1H3,(H,18,25)(H,19,20,24). The molecule has 3 heterocycles. The van der Waals surface area contributed by atoms with Gasteiger partial charge in [0.15, 0.2) is 5.69 Å². The fourth-order valence-electron chi connectivity index (χ4n) is 3.00. The molecule has 0 saturated carbocycles. The summed E-state index contributed by atoms with van der Waals surface area (Å²) in [4.78, 5) is 30.4. The topological polar surface area (TPSA) is 118 Å². The summed E-state index contributed by atoms with van der Waals surface area (Å²) in [6.45, 7) is 4.92. The molecule has 2 aromatic rings. The largest absolute Gasteiger partial charge is 0.350 e. The van der Waals surface area contributed by atoms with Crippen LogP contribution in [0.1, 0.15) is 34.8 Å². The van der Waals surface area contributed by atoms with Gasteiger partial charge in [-0.15, -0.1) is 5.10 Å². The van der Waals surface area contributed by atoms with Crippen molar-refractivity contribution in [1.82, 2.24) is 35.6 Å². The fraction of sp³-hybridized carbons (Fsp3) is 0.562. The maximum Gasteiger partial charge on any atom is 0.273 e. The number of rotatable bonds is 6. The summed E-state index contributed by atoms with van der Waals surface area (Å²) >= 11 is 0. The van der Waals surface area contributed by atoms with Crippen LogP contribution in [-0.4, -0.2) is 50.5 Å². The summed E-state index contributed by atoms with van der Waals surface area (Å²) in [5, 5.41) is 14.1. The summed E-state index contributed by atoms with van der Waals surface area (Å²) < 4.78 is 1.73. The Morgan fingerprint density at radius 2 is 2.36 bits per heavy atom. The molecular formula is C16H23N7O2. The molecule has 134 valence electrons. The van der Waals surface area contributed by atoms with Crippen LogP contribution in [0.3, 0.4) is 0 Å². The van der Waals surface area contributed by atoms with Crippen molar-refractivity contribution >= 4 is 5.91 Å². The molecule has 1 saturated heterocycles. The van der Waals surface area contributed by atoms with Crippen molar-refractivity contribution in [3.8, 4) is 0 Å². The zero-order valence-corrected chi connectivity index (χ0v) is 14.3. The highest BCUT2D eigenvalue weighted by atomic mass is 16.2. The van der Waals surface area contributed by atoms with Crippen LogP contribution in [0.2, 0.25) is 0 Å². The molecule has 0 bridgehead atoms. The third-order valence-electron chi connectivity index (χ3n) is 4.20. The number of piperidine rings is 1. The highest BCUT2D eigenvalue weighted by molar-refractivity contribution is 5.91. The van der Waals surface area contributed by atoms with Crippen LogP contribution in [0, 0.1) is 12.8 Å². The number of hydrogen-bond acceptors (Lipinski definition) is 6. The van der Waals surface area contributed by atoms with Gasteiger partial charge in [0.25, 0.3) is 11.5 Å². The van der Waals surface area contributed by atoms with Gasteiger partial charge in [-0.2, -0.15) is 0 Å². The van der Waals surface area contributed by atoms with E-state index in [1.165, 1.54) is 12.5 Å². The van der Waals surface area contributed by atoms with Crippen LogP contribution >= 0.6 is 0 Å². The predicted octanol–water partition coefficient (Wildman–Crippen LogP) is -0.358. The Kier molecular flexibility index (Phi) is 5.54. The van der Waals surface area contributed by atoms with Gasteiger partial charge in [0.05, 0.1) is 6.20 Å². The molecule has 1 fully saturated rings. The average Bonchev–Trinajstić information content (AvgIpc) is 3.03. The molecule has 1 amide bonds. The number of carbonyl (C=O) groups excluding carboxylic acids is 1. The first-order valence-corrected chi connectivity index (χ1v) is 8.56. The van der Waals surface area contributed by atoms with Gasteiger partial charge in [0.2, 0.25) is 0 Å². The van der Waals surface area contributed by atoms with E-state index in [9.17, 15) is 9.59 Å². The summed E-state index contributed by atoms with van der Waals surface area (Å²) in [6, 6.07) is 1.44. The van der Waals surface area contributed by atoms with Crippen molar-refractivity contribution in [3.63, 3.8) is 0 Å². The minimum Gasteiger partial charge on any atom is -0.350 e. The molecule has 3 rings (SSSR count). The molecule has 9 heteroatoms. The number of nitrogens with zero attached hydrogens (tertiary/aromatic N) is 4. The maximum atomic E-state index is 12.1. The van der Waals surface area contributed by atoms with Crippen molar-refractivity contribution in [3.05, 3.63) is 39.8 Å². The van der Waals surface area contributed by atoms with Crippen LogP contribution in [0.5, 0.6) is 0 Å². The van der Waals surface area contributed by atoms with Gasteiger partial charge in [-0.25, -0.2) is 4.98 Å². The van der Waals surface area contributed by atoms with E-state index < -0.39 is 0 Å². The minimum absolute atomic E-state index is 0.186. The molecular weight excluding hydrogens is 322 g/mol. The fourth-order valence-corrected chi connectivity index (χ4v) is 3.00. The number of aromatic amines is 1. The summed E-state index contributed by atoms with van der Waals surface area (Å²) in [7, 11) is 0. The SMILES string of the molecule is Cc1nc(CCNC(=O)c2cn(CC3CCCNC3)nn2)cc(=O)[nH]1. The molecule has 1 unspecified atom stereocenters. The van der Waals surface area contributed by atoms with E-state index in [4.69, 9.17) is 0 Å². The van der Waals surface area contributed by atoms with E-state index in [2.05, 4.69) is 30.9 Å². The minimum atomic E-state index is -0.269. The first-order valence-electron chi connectivity index (χ1n) is 8.56. The first-order chi connectivity index (χ1) is 12.1. The zero-order valence-electron chi connectivity index (χ0n) is 14.3. The van der Waals surface area contributed by atoms with Gasteiger partial charge < -0.3 is 15.6 Å². The molecule has 3 N–H and O–H groups in total. The second-order valence-electron chi connectivity index (χ2n) is 6.37. The average molecular weight is 345 g/mol. The normalized spacial score (nSPS) is 17.4. The number of amides is 1. The Bertz CT molecular complexity index is 777. The number of aromatic nitrogens is 5. The molecule has 2 aromatic heterocycles. The lowest BCUT2D eigenvalue weighted by molar-refractivity contribution is 0.0949. The predicted molar refractivity (Wildman–Crippen MR) is 91.2 cm³/mol. The van der Waals surface area contributed by atoms with Gasteiger partial charge in [-0.1, -0.05) is 5.21 Å². The van der Waals surface area contributed by atoms with Crippen molar-refractivity contribution in [1.29, 1.82) is 0 Å². The van der Waals surface area contributed by atoms with Crippen LogP contribution in [0.25, 0.3) is 0 Å². The molecule has 0 aromatic carbocycles. The lowest BCUT2D eigenvalue weighted by Gasteiger charge is -2.22. The number of nitrogens with one attached hydrogen (secondary N) is 3. The Hall–Kier alpha value is -2.55. The molecule has 0 aliphatic carbocycles. The summed E-state index contributed by atoms with van der Waals surface area (Å²) in [5.41, 5.74) is 0.766. The van der Waals surface area contributed by atoms with Gasteiger partial charge >= 0.3 is 0 Å². The Balaban J connectivity index is 1.48. The van der Waals surface area contributed by atoms with Crippen LogP contribution in [-0.2, 0) is 13.0 Å². The van der Waals surface area contributed by atoms with Crippen molar-refractivity contribution in [2.75, 3.05) is 19.6 Å². The highest BCUT2D eigenvalue weighted by Crippen LogP contribution is 2.11. The molecule has 0 spiro atoms. The van der Waals surface area contributed by atoms with Crippen LogP contribution in [0.4, 0.5) is 0 Å². The van der Waals surface area contributed by atoms with Crippen molar-refractivity contribution < 1.29 is 4.79 Å². The molecule has 25 heavy (non-hydrogen) atoms. The third-order valence-corrected chi connectivity index (χ3v) is 4.20. The Morgan fingerprint density at radius 3 is 3.12 bits per heavy atom. The van der Waals surface area contributed by atoms with Crippen molar-refractivity contribution in [2.24, 2.45) is 5.92 Å². The molecule has 1 atom stereocenters. The van der Waals surface area contributed by atoms with Gasteiger partial charge in [-0.3, -0.25) is 14.3 Å². The number of H-pyrrole nitrogens is 1. The van der Waals surface area contributed by atoms with E-state index in [1.54, 1.807) is 17.8 Å². The number of aryl methyl sites for hydroxylation is 1. The molecule has 1 aliphatic heterocycles. The Morgan fingerprint density at radius 1 is 1.48 bits per heavy atom. The lowest BCUT2D eigenvalue weighted by atomic mass is 10.00. The second-order valence-corrected chi connectivity index (χ2v) is 6.37. The van der Waals surface area contributed by atoms with Gasteiger partial charge in [0.1, 0.15) is 5.82 Å². The number of carbonyl (C=O) groups is 1. The van der Waals surface area contributed by atoms with Gasteiger partial charge in [-0.05, 0) is 38.8 Å². The second kappa shape index (κ2) is 8.02. The Labute approximate surface area is 145 Å². The smallest absolute Gasteiger partial charge is 0.273 e. The molecule has 0 radical (unpaired) electrons. The number of hydrogen-bond donors (Lipinski definition) is 3. The van der Waals surface area contributed by atoms with E-state index in [-0.39, 0.29) is 11.5 Å². The first kappa shape index (κ1) is 17.3. The lowest BCUT2D eigenvalue weighted by Crippen LogP contribution is -2.32. The van der Waals surface area contributed by atoms with E-state index in [0.29, 0.717) is 36.1 Å². The third kappa shape index (κ3) is 4.96. The van der Waals surface area contributed by atoms with E-state index >= 15 is 0 Å².